The Kier molecular flexibility index (Phi) is 2.10. The van der Waals surface area contributed by atoms with Gasteiger partial charge in [-0.2, -0.15) is 0 Å². The van der Waals surface area contributed by atoms with E-state index in [0.29, 0.717) is 6.54 Å². The number of anilines is 1. The maximum Gasteiger partial charge on any atom is 0.289 e. The number of nitrogens with two attached hydrogens (primary N) is 1. The maximum atomic E-state index is 11.4. The minimum Gasteiger partial charge on any atom is -0.393 e. The number of aromatic amines is 1. The van der Waals surface area contributed by atoms with Crippen LogP contribution in [0.25, 0.3) is 0 Å². The molecule has 2 rings (SSSR count). The number of hydrogen-bond donors (Lipinski definition) is 2. The quantitative estimate of drug-likeness (QED) is 0.734. The predicted octanol–water partition coefficient (Wildman–Crippen LogP) is 0.807. The Morgan fingerprint density at radius 2 is 2.00 bits per heavy atom. The number of nitrogen functional groups attached to an aromatic ring is 1. The number of rotatable bonds is 2. The van der Waals surface area contributed by atoms with Crippen molar-refractivity contribution < 1.29 is 0 Å². The van der Waals surface area contributed by atoms with Crippen LogP contribution in [-0.4, -0.2) is 9.78 Å². The van der Waals surface area contributed by atoms with Crippen molar-refractivity contribution in [2.24, 2.45) is 0 Å². The Balaban J connectivity index is 2.28. The molecule has 14 heavy (non-hydrogen) atoms. The first-order valence-electron chi connectivity index (χ1n) is 4.35. The van der Waals surface area contributed by atoms with E-state index in [1.54, 1.807) is 0 Å². The molecule has 1 aromatic heterocycles. The summed E-state index contributed by atoms with van der Waals surface area (Å²) >= 11 is 0. The molecule has 1 aromatic carbocycles. The second-order valence-electron chi connectivity index (χ2n) is 3.11. The maximum absolute atomic E-state index is 11.4. The Bertz CT molecular complexity index is 470. The first-order valence-corrected chi connectivity index (χ1v) is 4.35. The summed E-state index contributed by atoms with van der Waals surface area (Å²) in [5, 5.41) is 2.80. The fourth-order valence-corrected chi connectivity index (χ4v) is 1.31. The van der Waals surface area contributed by atoms with Crippen molar-refractivity contribution in [3.8, 4) is 0 Å². The normalized spacial score (nSPS) is 10.3. The molecule has 0 aliphatic rings. The van der Waals surface area contributed by atoms with Crippen LogP contribution in [0.4, 0.5) is 5.69 Å². The summed E-state index contributed by atoms with van der Waals surface area (Å²) in [5.41, 5.74) is 6.57. The highest BCUT2D eigenvalue weighted by molar-refractivity contribution is 5.31. The molecule has 3 N–H and O–H groups in total. The van der Waals surface area contributed by atoms with Crippen molar-refractivity contribution in [2.45, 2.75) is 6.54 Å². The number of benzene rings is 1. The molecule has 0 saturated heterocycles. The minimum absolute atomic E-state index is 0.172. The Morgan fingerprint density at radius 3 is 2.57 bits per heavy atom. The second kappa shape index (κ2) is 3.41. The summed E-state index contributed by atoms with van der Waals surface area (Å²) in [5.74, 6) is 0. The van der Waals surface area contributed by atoms with Crippen molar-refractivity contribution in [3.63, 3.8) is 0 Å². The van der Waals surface area contributed by atoms with E-state index in [1.807, 2.05) is 30.3 Å². The summed E-state index contributed by atoms with van der Waals surface area (Å²) in [6.07, 6.45) is 1.51. The number of aromatic nitrogens is 2. The Hall–Kier alpha value is -1.97. The third-order valence-electron chi connectivity index (χ3n) is 2.05. The Morgan fingerprint density at radius 1 is 1.29 bits per heavy atom. The molecule has 0 unspecified atom stereocenters. The van der Waals surface area contributed by atoms with E-state index in [4.69, 9.17) is 5.73 Å². The zero-order valence-corrected chi connectivity index (χ0v) is 7.60. The van der Waals surface area contributed by atoms with Crippen LogP contribution in [-0.2, 0) is 6.54 Å². The van der Waals surface area contributed by atoms with E-state index in [-0.39, 0.29) is 11.2 Å². The molecule has 4 heteroatoms. The molecule has 1 heterocycles. The van der Waals surface area contributed by atoms with Crippen molar-refractivity contribution in [1.82, 2.24) is 9.78 Å². The van der Waals surface area contributed by atoms with Gasteiger partial charge < -0.3 is 10.8 Å². The molecule has 0 aliphatic heterocycles. The van der Waals surface area contributed by atoms with Crippen molar-refractivity contribution >= 4 is 5.69 Å². The van der Waals surface area contributed by atoms with E-state index in [9.17, 15) is 4.79 Å². The van der Waals surface area contributed by atoms with Gasteiger partial charge in [0.25, 0.3) is 5.56 Å². The van der Waals surface area contributed by atoms with Crippen molar-refractivity contribution in [1.29, 1.82) is 0 Å². The summed E-state index contributed by atoms with van der Waals surface area (Å²) in [7, 11) is 0. The van der Waals surface area contributed by atoms with Crippen LogP contribution in [0.2, 0.25) is 0 Å². The molecule has 0 fully saturated rings. The first-order chi connectivity index (χ1) is 6.77. The number of hydrogen-bond acceptors (Lipinski definition) is 2. The van der Waals surface area contributed by atoms with E-state index >= 15 is 0 Å². The number of nitrogens with zero attached hydrogens (tertiary/aromatic N) is 1. The highest BCUT2D eigenvalue weighted by Gasteiger charge is 2.01. The van der Waals surface area contributed by atoms with Gasteiger partial charge >= 0.3 is 0 Å². The molecule has 0 aliphatic carbocycles. The SMILES string of the molecule is Nc1c[nH]n(Cc2ccccc2)c1=O. The lowest BCUT2D eigenvalue weighted by Crippen LogP contribution is -2.19. The largest absolute Gasteiger partial charge is 0.393 e. The monoisotopic (exact) mass is 189 g/mol. The second-order valence-corrected chi connectivity index (χ2v) is 3.11. The van der Waals surface area contributed by atoms with Gasteiger partial charge in [-0.3, -0.25) is 4.79 Å². The van der Waals surface area contributed by atoms with E-state index in [1.165, 1.54) is 10.9 Å². The summed E-state index contributed by atoms with van der Waals surface area (Å²) in [6, 6.07) is 9.74. The van der Waals surface area contributed by atoms with Gasteiger partial charge in [-0.15, -0.1) is 0 Å². The molecule has 4 nitrogen and oxygen atoms in total. The van der Waals surface area contributed by atoms with Gasteiger partial charge in [0, 0.05) is 6.20 Å². The summed E-state index contributed by atoms with van der Waals surface area (Å²) < 4.78 is 1.48. The smallest absolute Gasteiger partial charge is 0.289 e. The molecular weight excluding hydrogens is 178 g/mol. The molecule has 0 atom stereocenters. The van der Waals surface area contributed by atoms with Gasteiger partial charge in [0.15, 0.2) is 0 Å². The van der Waals surface area contributed by atoms with Gasteiger partial charge in [0.1, 0.15) is 5.69 Å². The minimum atomic E-state index is -0.172. The van der Waals surface area contributed by atoms with Gasteiger partial charge in [-0.25, -0.2) is 4.68 Å². The first kappa shape index (κ1) is 8.62. The predicted molar refractivity (Wildman–Crippen MR) is 55.0 cm³/mol. The molecule has 0 saturated carbocycles. The van der Waals surface area contributed by atoms with Crippen molar-refractivity contribution in [2.75, 3.05) is 5.73 Å². The van der Waals surface area contributed by atoms with Gasteiger partial charge in [-0.05, 0) is 5.56 Å². The third-order valence-corrected chi connectivity index (χ3v) is 2.05. The third kappa shape index (κ3) is 1.54. The zero-order valence-electron chi connectivity index (χ0n) is 7.60. The molecule has 0 amide bonds. The lowest BCUT2D eigenvalue weighted by molar-refractivity contribution is 0.664. The summed E-state index contributed by atoms with van der Waals surface area (Å²) in [6.45, 7) is 0.525. The van der Waals surface area contributed by atoms with Crippen LogP contribution in [0.1, 0.15) is 5.56 Å². The molecule has 0 radical (unpaired) electrons. The lowest BCUT2D eigenvalue weighted by atomic mass is 10.2. The highest BCUT2D eigenvalue weighted by Crippen LogP contribution is 2.00. The average Bonchev–Trinajstić information content (AvgIpc) is 2.52. The van der Waals surface area contributed by atoms with Gasteiger partial charge in [0.2, 0.25) is 0 Å². The van der Waals surface area contributed by atoms with Crippen LogP contribution in [0.5, 0.6) is 0 Å². The molecule has 0 bridgehead atoms. The molecule has 72 valence electrons. The fraction of sp³-hybridized carbons (Fsp3) is 0.100. The topological polar surface area (TPSA) is 63.8 Å². The van der Waals surface area contributed by atoms with Gasteiger partial charge in [0.05, 0.1) is 6.54 Å². The van der Waals surface area contributed by atoms with Gasteiger partial charge in [-0.1, -0.05) is 30.3 Å². The molecular formula is C10H11N3O. The summed E-state index contributed by atoms with van der Waals surface area (Å²) in [4.78, 5) is 11.4. The Labute approximate surface area is 81.0 Å². The van der Waals surface area contributed by atoms with Crippen molar-refractivity contribution in [3.05, 3.63) is 52.4 Å². The number of H-pyrrole nitrogens is 1. The van der Waals surface area contributed by atoms with E-state index in [0.717, 1.165) is 5.56 Å². The zero-order chi connectivity index (χ0) is 9.97. The molecule has 2 aromatic rings. The average molecular weight is 189 g/mol. The van der Waals surface area contributed by atoms with Crippen LogP contribution < -0.4 is 11.3 Å². The standard InChI is InChI=1S/C10H11N3O/c11-9-6-12-13(10(9)14)7-8-4-2-1-3-5-8/h1-6,12H,7,11H2. The number of nitrogens with one attached hydrogen (secondary N) is 1. The van der Waals surface area contributed by atoms with Crippen LogP contribution >= 0.6 is 0 Å². The highest BCUT2D eigenvalue weighted by atomic mass is 16.1. The van der Waals surface area contributed by atoms with E-state index in [2.05, 4.69) is 5.10 Å². The lowest BCUT2D eigenvalue weighted by Gasteiger charge is -2.00. The fourth-order valence-electron chi connectivity index (χ4n) is 1.31. The molecule has 0 spiro atoms. The van der Waals surface area contributed by atoms with Crippen LogP contribution in [0.3, 0.4) is 0 Å². The van der Waals surface area contributed by atoms with Crippen LogP contribution in [0, 0.1) is 0 Å². The van der Waals surface area contributed by atoms with E-state index < -0.39 is 0 Å². The van der Waals surface area contributed by atoms with Crippen LogP contribution in [0.15, 0.2) is 41.3 Å².